The number of hydrogen-bond donors (Lipinski definition) is 2. The molecule has 1 aromatic heterocycles. The van der Waals surface area contributed by atoms with Crippen LogP contribution in [0.3, 0.4) is 0 Å². The second-order valence-electron chi connectivity index (χ2n) is 7.66. The Morgan fingerprint density at radius 2 is 2.06 bits per heavy atom. The quantitative estimate of drug-likeness (QED) is 0.292. The number of ether oxygens (including phenoxy) is 1. The minimum atomic E-state index is -3.22. The van der Waals surface area contributed by atoms with E-state index in [0.717, 1.165) is 42.8 Å². The monoisotopic (exact) mass is 561 g/mol. The molecule has 1 atom stereocenters. The molecule has 2 aromatic rings. The highest BCUT2D eigenvalue weighted by Crippen LogP contribution is 2.17. The molecule has 0 aliphatic carbocycles. The highest BCUT2D eigenvalue weighted by Gasteiger charge is 2.14. The van der Waals surface area contributed by atoms with Crippen LogP contribution >= 0.6 is 24.0 Å². The molecule has 0 bridgehead atoms. The van der Waals surface area contributed by atoms with Gasteiger partial charge in [0.1, 0.15) is 5.76 Å². The Balaban J connectivity index is 0.00000341. The van der Waals surface area contributed by atoms with Crippen molar-refractivity contribution in [3.05, 3.63) is 53.5 Å². The van der Waals surface area contributed by atoms with Crippen LogP contribution in [0.5, 0.6) is 0 Å². The van der Waals surface area contributed by atoms with E-state index in [9.17, 15) is 8.42 Å². The molecule has 172 valence electrons. The van der Waals surface area contributed by atoms with Crippen LogP contribution in [0.1, 0.15) is 36.1 Å². The Morgan fingerprint density at radius 1 is 1.23 bits per heavy atom. The predicted molar refractivity (Wildman–Crippen MR) is 133 cm³/mol. The van der Waals surface area contributed by atoms with E-state index in [2.05, 4.69) is 15.6 Å². The van der Waals surface area contributed by atoms with Crippen LogP contribution in [0.15, 0.2) is 50.9 Å². The molecule has 0 saturated carbocycles. The fourth-order valence-electron chi connectivity index (χ4n) is 3.51. The Morgan fingerprint density at radius 3 is 2.71 bits per heavy atom. The number of rotatable bonds is 8. The van der Waals surface area contributed by atoms with Crippen LogP contribution in [0, 0.1) is 6.92 Å². The fourth-order valence-corrected chi connectivity index (χ4v) is 4.47. The summed E-state index contributed by atoms with van der Waals surface area (Å²) in [6.45, 7) is 4.48. The van der Waals surface area contributed by atoms with Gasteiger partial charge in [-0.3, -0.25) is 0 Å². The molecule has 0 amide bonds. The van der Waals surface area contributed by atoms with Gasteiger partial charge >= 0.3 is 0 Å². The van der Waals surface area contributed by atoms with E-state index in [-0.39, 0.29) is 30.1 Å². The van der Waals surface area contributed by atoms with E-state index < -0.39 is 9.84 Å². The van der Waals surface area contributed by atoms with Gasteiger partial charge < -0.3 is 19.8 Å². The van der Waals surface area contributed by atoms with E-state index in [1.54, 1.807) is 12.3 Å². The molecule has 2 N–H and O–H groups in total. The molecule has 0 radical (unpaired) electrons. The van der Waals surface area contributed by atoms with Gasteiger partial charge in [-0.05, 0) is 55.5 Å². The fraction of sp³-hybridized carbons (Fsp3) is 0.500. The third-order valence-corrected chi connectivity index (χ3v) is 6.33. The normalized spacial score (nSPS) is 17.1. The molecule has 7 nitrogen and oxygen atoms in total. The molecule has 9 heteroatoms. The van der Waals surface area contributed by atoms with Crippen LogP contribution in [-0.2, 0) is 27.5 Å². The van der Waals surface area contributed by atoms with Gasteiger partial charge in [0, 0.05) is 32.4 Å². The van der Waals surface area contributed by atoms with Crippen molar-refractivity contribution in [1.82, 2.24) is 10.6 Å². The molecule has 2 heterocycles. The number of hydrogen-bond acceptors (Lipinski definition) is 5. The Hall–Kier alpha value is -1.59. The molecule has 3 rings (SSSR count). The smallest absolute Gasteiger partial charge is 0.191 e. The summed E-state index contributed by atoms with van der Waals surface area (Å²) < 4.78 is 34.8. The number of benzene rings is 1. The summed E-state index contributed by atoms with van der Waals surface area (Å²) in [7, 11) is -3.22. The summed E-state index contributed by atoms with van der Waals surface area (Å²) >= 11 is 0. The van der Waals surface area contributed by atoms with E-state index in [1.807, 2.05) is 31.2 Å². The number of guanidine groups is 1. The number of nitrogens with one attached hydrogen (secondary N) is 2. The number of aryl methyl sites for hydroxylation is 1. The van der Waals surface area contributed by atoms with E-state index in [4.69, 9.17) is 9.15 Å². The van der Waals surface area contributed by atoms with Crippen molar-refractivity contribution in [2.24, 2.45) is 4.99 Å². The summed E-state index contributed by atoms with van der Waals surface area (Å²) in [5, 5.41) is 6.72. The van der Waals surface area contributed by atoms with Crippen molar-refractivity contribution in [3.8, 4) is 0 Å². The lowest BCUT2D eigenvalue weighted by Crippen LogP contribution is -2.43. The second-order valence-corrected chi connectivity index (χ2v) is 9.65. The van der Waals surface area contributed by atoms with Gasteiger partial charge in [0.15, 0.2) is 15.8 Å². The Labute approximate surface area is 202 Å². The molecule has 1 aliphatic rings. The van der Waals surface area contributed by atoms with Crippen LogP contribution in [0.2, 0.25) is 0 Å². The van der Waals surface area contributed by atoms with Crippen molar-refractivity contribution in [2.75, 3.05) is 26.0 Å². The topological polar surface area (TPSA) is 92.9 Å². The highest BCUT2D eigenvalue weighted by molar-refractivity contribution is 14.0. The lowest BCUT2D eigenvalue weighted by Gasteiger charge is -2.23. The minimum Gasteiger partial charge on any atom is -0.469 e. The van der Waals surface area contributed by atoms with Crippen LogP contribution < -0.4 is 10.6 Å². The van der Waals surface area contributed by atoms with Crippen LogP contribution in [0.25, 0.3) is 0 Å². The molecule has 1 fully saturated rings. The summed E-state index contributed by atoms with van der Waals surface area (Å²) in [5.41, 5.74) is 1.70. The SMILES string of the molecule is Cc1cc(CN=C(NCCc2ccco2)NCC2CCCCO2)ccc1S(C)(=O)=O.I. The lowest BCUT2D eigenvalue weighted by atomic mass is 10.1. The Bertz CT molecular complexity index is 940. The first kappa shape index (κ1) is 25.7. The maximum atomic E-state index is 11.8. The number of sulfone groups is 1. The average molecular weight is 561 g/mol. The standard InChI is InChI=1S/C22H31N3O4S.HI/c1-17-14-18(8-9-21(17)30(2,26)27)15-24-22(23-11-10-19-7-5-13-28-19)25-16-20-6-3-4-12-29-20;/h5,7-9,13-14,20H,3-4,6,10-12,15-16H2,1-2H3,(H2,23,24,25);1H. The van der Waals surface area contributed by atoms with Gasteiger partial charge in [0.2, 0.25) is 0 Å². The minimum absolute atomic E-state index is 0. The first-order valence-electron chi connectivity index (χ1n) is 10.4. The maximum Gasteiger partial charge on any atom is 0.191 e. The number of aliphatic imine (C=N–C) groups is 1. The highest BCUT2D eigenvalue weighted by atomic mass is 127. The first-order valence-corrected chi connectivity index (χ1v) is 12.3. The van der Waals surface area contributed by atoms with Crippen LogP contribution in [-0.4, -0.2) is 46.4 Å². The van der Waals surface area contributed by atoms with E-state index in [1.165, 1.54) is 12.7 Å². The third kappa shape index (κ3) is 8.46. The van der Waals surface area contributed by atoms with Gasteiger partial charge in [-0.2, -0.15) is 0 Å². The molecule has 1 saturated heterocycles. The molecular formula is C22H32IN3O4S. The lowest BCUT2D eigenvalue weighted by molar-refractivity contribution is 0.0194. The van der Waals surface area contributed by atoms with Gasteiger partial charge in [0.05, 0.1) is 23.8 Å². The summed E-state index contributed by atoms with van der Waals surface area (Å²) in [5.74, 6) is 1.63. The van der Waals surface area contributed by atoms with Gasteiger partial charge in [0.25, 0.3) is 0 Å². The van der Waals surface area contributed by atoms with Crippen molar-refractivity contribution in [1.29, 1.82) is 0 Å². The second kappa shape index (κ2) is 12.4. The van der Waals surface area contributed by atoms with Crippen molar-refractivity contribution >= 4 is 39.8 Å². The van der Waals surface area contributed by atoms with E-state index >= 15 is 0 Å². The van der Waals surface area contributed by atoms with Crippen molar-refractivity contribution in [2.45, 2.75) is 50.2 Å². The third-order valence-electron chi connectivity index (χ3n) is 5.07. The zero-order chi connectivity index (χ0) is 21.4. The summed E-state index contributed by atoms with van der Waals surface area (Å²) in [4.78, 5) is 5.05. The van der Waals surface area contributed by atoms with Crippen LogP contribution in [0.4, 0.5) is 0 Å². The molecular weight excluding hydrogens is 529 g/mol. The number of furan rings is 1. The molecule has 1 aliphatic heterocycles. The number of nitrogens with zero attached hydrogens (tertiary/aromatic N) is 1. The zero-order valence-electron chi connectivity index (χ0n) is 18.1. The molecule has 1 unspecified atom stereocenters. The van der Waals surface area contributed by atoms with Crippen molar-refractivity contribution < 1.29 is 17.6 Å². The van der Waals surface area contributed by atoms with Gasteiger partial charge in [-0.25, -0.2) is 13.4 Å². The first-order chi connectivity index (χ1) is 14.4. The summed E-state index contributed by atoms with van der Waals surface area (Å²) in [6.07, 6.45) is 7.23. The average Bonchev–Trinajstić information content (AvgIpc) is 3.23. The molecule has 31 heavy (non-hydrogen) atoms. The molecule has 0 spiro atoms. The molecule has 1 aromatic carbocycles. The zero-order valence-corrected chi connectivity index (χ0v) is 21.2. The van der Waals surface area contributed by atoms with Gasteiger partial charge in [-0.1, -0.05) is 12.1 Å². The van der Waals surface area contributed by atoms with E-state index in [0.29, 0.717) is 30.5 Å². The summed E-state index contributed by atoms with van der Waals surface area (Å²) in [6, 6.07) is 9.18. The number of halogens is 1. The maximum absolute atomic E-state index is 11.8. The largest absolute Gasteiger partial charge is 0.469 e. The van der Waals surface area contributed by atoms with Crippen molar-refractivity contribution in [3.63, 3.8) is 0 Å². The van der Waals surface area contributed by atoms with Gasteiger partial charge in [-0.15, -0.1) is 24.0 Å². The Kier molecular flexibility index (Phi) is 10.3. The predicted octanol–water partition coefficient (Wildman–Crippen LogP) is 3.46.